The molecule has 1 saturated carbocycles. The lowest BCUT2D eigenvalue weighted by Gasteiger charge is -2.24. The van der Waals surface area contributed by atoms with Gasteiger partial charge in [0.1, 0.15) is 0 Å². The summed E-state index contributed by atoms with van der Waals surface area (Å²) in [6.07, 6.45) is -2.10. The molecule has 0 spiro atoms. The van der Waals surface area contributed by atoms with Gasteiger partial charge in [0.2, 0.25) is 11.7 Å². The molecule has 0 bridgehead atoms. The Hall–Kier alpha value is -3.23. The van der Waals surface area contributed by atoms with Crippen LogP contribution in [0.1, 0.15) is 36.8 Å². The Morgan fingerprint density at radius 1 is 1.06 bits per heavy atom. The first-order chi connectivity index (χ1) is 14.9. The number of carbonyl (C=O) groups excluding carboxylic acids is 1. The maximum atomic E-state index is 13.3. The van der Waals surface area contributed by atoms with Crippen molar-refractivity contribution in [2.75, 3.05) is 0 Å². The van der Waals surface area contributed by atoms with Gasteiger partial charge in [0.05, 0.1) is 12.1 Å². The molecule has 0 N–H and O–H groups in total. The van der Waals surface area contributed by atoms with E-state index < -0.39 is 11.7 Å². The molecule has 0 saturated heterocycles. The molecule has 162 valence electrons. The lowest BCUT2D eigenvalue weighted by Crippen LogP contribution is -2.33. The zero-order valence-electron chi connectivity index (χ0n) is 16.8. The number of alkyl halides is 3. The molecular weight excluding hydrogens is 407 g/mol. The van der Waals surface area contributed by atoms with Crippen LogP contribution in [0.5, 0.6) is 0 Å². The van der Waals surface area contributed by atoms with E-state index in [4.69, 9.17) is 0 Å². The second-order valence-electron chi connectivity index (χ2n) is 7.59. The molecule has 1 heterocycles. The van der Waals surface area contributed by atoms with Gasteiger partial charge in [0.15, 0.2) is 0 Å². The van der Waals surface area contributed by atoms with Gasteiger partial charge >= 0.3 is 6.18 Å². The summed E-state index contributed by atoms with van der Waals surface area (Å²) < 4.78 is 39.9. The van der Waals surface area contributed by atoms with Crippen molar-refractivity contribution < 1.29 is 18.0 Å². The summed E-state index contributed by atoms with van der Waals surface area (Å²) in [7, 11) is 0. The van der Waals surface area contributed by atoms with E-state index >= 15 is 0 Å². The predicted molar refractivity (Wildman–Crippen MR) is 108 cm³/mol. The zero-order chi connectivity index (χ0) is 21.8. The number of aromatic nitrogens is 4. The van der Waals surface area contributed by atoms with Gasteiger partial charge in [-0.3, -0.25) is 4.79 Å². The number of amides is 1. The molecule has 0 radical (unpaired) electrons. The van der Waals surface area contributed by atoms with E-state index in [1.54, 1.807) is 11.0 Å². The monoisotopic (exact) mass is 429 g/mol. The van der Waals surface area contributed by atoms with Crippen molar-refractivity contribution in [2.45, 2.75) is 51.0 Å². The average molecular weight is 429 g/mol. The molecule has 1 aliphatic rings. The summed E-state index contributed by atoms with van der Waals surface area (Å²) in [5, 5.41) is 12.4. The van der Waals surface area contributed by atoms with Gasteiger partial charge in [-0.25, -0.2) is 0 Å². The maximum Gasteiger partial charge on any atom is 0.416 e. The summed E-state index contributed by atoms with van der Waals surface area (Å²) in [6, 6.07) is 14.9. The number of tetrazole rings is 1. The van der Waals surface area contributed by atoms with Crippen molar-refractivity contribution in [3.8, 4) is 11.4 Å². The van der Waals surface area contributed by atoms with E-state index in [-0.39, 0.29) is 30.5 Å². The molecule has 2 aromatic carbocycles. The van der Waals surface area contributed by atoms with Crippen molar-refractivity contribution in [1.82, 2.24) is 25.1 Å². The SMILES string of the molecule is O=C(CCCn1nnc(-c2ccccc2)n1)N(Cc1ccccc1C(F)(F)F)C1CC1. The lowest BCUT2D eigenvalue weighted by atomic mass is 10.1. The van der Waals surface area contributed by atoms with E-state index in [2.05, 4.69) is 15.4 Å². The van der Waals surface area contributed by atoms with Crippen LogP contribution in [0.15, 0.2) is 54.6 Å². The van der Waals surface area contributed by atoms with Gasteiger partial charge in [-0.15, -0.1) is 10.2 Å². The molecule has 0 aliphatic heterocycles. The highest BCUT2D eigenvalue weighted by molar-refractivity contribution is 5.77. The average Bonchev–Trinajstić information content (AvgIpc) is 3.49. The minimum absolute atomic E-state index is 0.0166. The Labute approximate surface area is 177 Å². The first-order valence-corrected chi connectivity index (χ1v) is 10.2. The number of hydrogen-bond donors (Lipinski definition) is 0. The first kappa shape index (κ1) is 21.0. The van der Waals surface area contributed by atoms with Gasteiger partial charge in [0.25, 0.3) is 0 Å². The van der Waals surface area contributed by atoms with Crippen LogP contribution in [0.25, 0.3) is 11.4 Å². The van der Waals surface area contributed by atoms with Crippen molar-refractivity contribution in [1.29, 1.82) is 0 Å². The third kappa shape index (κ3) is 5.28. The Morgan fingerprint density at radius 3 is 2.48 bits per heavy atom. The van der Waals surface area contributed by atoms with Crippen LogP contribution >= 0.6 is 0 Å². The smallest absolute Gasteiger partial charge is 0.335 e. The Morgan fingerprint density at radius 2 is 1.77 bits per heavy atom. The van der Waals surface area contributed by atoms with Gasteiger partial charge in [-0.05, 0) is 36.1 Å². The van der Waals surface area contributed by atoms with Crippen molar-refractivity contribution in [3.63, 3.8) is 0 Å². The topological polar surface area (TPSA) is 63.9 Å². The largest absolute Gasteiger partial charge is 0.416 e. The predicted octanol–water partition coefficient (Wildman–Crippen LogP) is 4.33. The number of rotatable bonds is 8. The van der Waals surface area contributed by atoms with Gasteiger partial charge in [-0.1, -0.05) is 48.5 Å². The molecule has 1 fully saturated rings. The van der Waals surface area contributed by atoms with E-state index in [1.165, 1.54) is 16.9 Å². The summed E-state index contributed by atoms with van der Waals surface area (Å²) >= 11 is 0. The van der Waals surface area contributed by atoms with Crippen molar-refractivity contribution in [2.24, 2.45) is 0 Å². The number of hydrogen-bond acceptors (Lipinski definition) is 4. The molecule has 1 aliphatic carbocycles. The summed E-state index contributed by atoms with van der Waals surface area (Å²) in [6.45, 7) is 0.377. The first-order valence-electron chi connectivity index (χ1n) is 10.2. The quantitative estimate of drug-likeness (QED) is 0.535. The van der Waals surface area contributed by atoms with Crippen molar-refractivity contribution >= 4 is 5.91 Å². The molecule has 4 rings (SSSR count). The minimum atomic E-state index is -4.44. The molecule has 9 heteroatoms. The van der Waals surface area contributed by atoms with Crippen molar-refractivity contribution in [3.05, 3.63) is 65.7 Å². The summed E-state index contributed by atoms with van der Waals surface area (Å²) in [5.74, 6) is 0.359. The van der Waals surface area contributed by atoms with Crippen LogP contribution < -0.4 is 0 Å². The third-order valence-electron chi connectivity index (χ3n) is 5.21. The second-order valence-corrected chi connectivity index (χ2v) is 7.59. The molecule has 1 amide bonds. The van der Waals surface area contributed by atoms with Crippen LogP contribution in [-0.2, 0) is 24.1 Å². The third-order valence-corrected chi connectivity index (χ3v) is 5.21. The molecule has 3 aromatic rings. The normalized spacial score (nSPS) is 13.9. The Kier molecular flexibility index (Phi) is 6.01. The molecule has 31 heavy (non-hydrogen) atoms. The zero-order valence-corrected chi connectivity index (χ0v) is 16.8. The standard InChI is InChI=1S/C22H22F3N5O/c23-22(24,25)19-10-5-4-9-17(19)15-29(18-12-13-18)20(31)11-6-14-30-27-21(26-28-30)16-7-2-1-3-8-16/h1-5,7-10,18H,6,11-15H2. The van der Waals surface area contributed by atoms with Crippen LogP contribution in [-0.4, -0.2) is 37.1 Å². The number of aryl methyl sites for hydroxylation is 1. The van der Waals surface area contributed by atoms with Gasteiger partial charge in [0, 0.05) is 24.6 Å². The molecule has 0 unspecified atom stereocenters. The molecule has 6 nitrogen and oxygen atoms in total. The highest BCUT2D eigenvalue weighted by Gasteiger charge is 2.36. The highest BCUT2D eigenvalue weighted by Crippen LogP contribution is 2.35. The van der Waals surface area contributed by atoms with Crippen LogP contribution in [0.3, 0.4) is 0 Å². The van der Waals surface area contributed by atoms with E-state index in [1.807, 2.05) is 30.3 Å². The second kappa shape index (κ2) is 8.87. The molecular formula is C22H22F3N5O. The number of carbonyl (C=O) groups is 1. The highest BCUT2D eigenvalue weighted by atomic mass is 19.4. The van der Waals surface area contributed by atoms with E-state index in [0.29, 0.717) is 18.8 Å². The van der Waals surface area contributed by atoms with Gasteiger partial charge < -0.3 is 4.90 Å². The number of halogens is 3. The summed E-state index contributed by atoms with van der Waals surface area (Å²) in [4.78, 5) is 15.8. The van der Waals surface area contributed by atoms with Crippen LogP contribution in [0.4, 0.5) is 13.2 Å². The Balaban J connectivity index is 1.36. The summed E-state index contributed by atoms with van der Waals surface area (Å²) in [5.41, 5.74) is 0.294. The Bertz CT molecular complexity index is 1030. The van der Waals surface area contributed by atoms with E-state index in [9.17, 15) is 18.0 Å². The fourth-order valence-electron chi connectivity index (χ4n) is 3.48. The van der Waals surface area contributed by atoms with E-state index in [0.717, 1.165) is 24.5 Å². The fraction of sp³-hybridized carbons (Fsp3) is 0.364. The number of nitrogens with zero attached hydrogens (tertiary/aromatic N) is 5. The van der Waals surface area contributed by atoms with Crippen LogP contribution in [0, 0.1) is 0 Å². The molecule has 1 aromatic heterocycles. The lowest BCUT2D eigenvalue weighted by molar-refractivity contribution is -0.140. The minimum Gasteiger partial charge on any atom is -0.335 e. The van der Waals surface area contributed by atoms with Crippen LogP contribution in [0.2, 0.25) is 0 Å². The molecule has 0 atom stereocenters. The number of benzene rings is 2. The van der Waals surface area contributed by atoms with Gasteiger partial charge in [-0.2, -0.15) is 18.0 Å². The fourth-order valence-corrected chi connectivity index (χ4v) is 3.48. The maximum absolute atomic E-state index is 13.3.